The van der Waals surface area contributed by atoms with Gasteiger partial charge in [0.25, 0.3) is 0 Å². The van der Waals surface area contributed by atoms with Gasteiger partial charge >= 0.3 is 6.09 Å². The molecule has 0 radical (unpaired) electrons. The maximum absolute atomic E-state index is 12.0. The molecule has 0 aliphatic carbocycles. The first kappa shape index (κ1) is 18.5. The third-order valence-corrected chi connectivity index (χ3v) is 2.48. The van der Waals surface area contributed by atoms with Crippen LogP contribution in [0.3, 0.4) is 0 Å². The van der Waals surface area contributed by atoms with Crippen LogP contribution in [0, 0.1) is 0 Å². The number of alkyl carbamates (subject to hydrolysis) is 1. The average Bonchev–Trinajstić information content (AvgIpc) is 2.34. The van der Waals surface area contributed by atoms with Gasteiger partial charge in [0.15, 0.2) is 0 Å². The molecular formula is C15H28N2O3. The molecule has 0 saturated carbocycles. The number of hydrogen-bond donors (Lipinski definition) is 1. The number of carbonyl (C=O) groups is 2. The van der Waals surface area contributed by atoms with Crippen LogP contribution >= 0.6 is 0 Å². The van der Waals surface area contributed by atoms with Crippen LogP contribution in [0.2, 0.25) is 0 Å². The molecule has 5 nitrogen and oxygen atoms in total. The summed E-state index contributed by atoms with van der Waals surface area (Å²) < 4.78 is 5.10. The fourth-order valence-corrected chi connectivity index (χ4v) is 1.47. The van der Waals surface area contributed by atoms with Crippen molar-refractivity contribution in [3.8, 4) is 0 Å². The third-order valence-electron chi connectivity index (χ3n) is 2.48. The van der Waals surface area contributed by atoms with Gasteiger partial charge in [-0.25, -0.2) is 4.79 Å². The third kappa shape index (κ3) is 9.42. The molecular weight excluding hydrogens is 256 g/mol. The van der Waals surface area contributed by atoms with Gasteiger partial charge in [-0.1, -0.05) is 25.5 Å². The van der Waals surface area contributed by atoms with Crippen molar-refractivity contribution in [2.24, 2.45) is 0 Å². The number of nitrogens with one attached hydrogen (secondary N) is 1. The summed E-state index contributed by atoms with van der Waals surface area (Å²) in [6.07, 6.45) is 5.26. The minimum atomic E-state index is -0.563. The Hall–Kier alpha value is -1.52. The first-order valence-electron chi connectivity index (χ1n) is 7.16. The molecule has 0 atom stereocenters. The monoisotopic (exact) mass is 284 g/mol. The van der Waals surface area contributed by atoms with Crippen LogP contribution in [0.4, 0.5) is 4.79 Å². The number of hydrogen-bond acceptors (Lipinski definition) is 3. The molecule has 0 saturated heterocycles. The van der Waals surface area contributed by atoms with E-state index in [1.807, 2.05) is 19.1 Å². The van der Waals surface area contributed by atoms with Gasteiger partial charge in [-0.3, -0.25) is 4.79 Å². The van der Waals surface area contributed by atoms with Crippen molar-refractivity contribution < 1.29 is 14.3 Å². The molecule has 116 valence electrons. The lowest BCUT2D eigenvalue weighted by molar-refractivity contribution is -0.129. The van der Waals surface area contributed by atoms with Crippen molar-refractivity contribution in [2.75, 3.05) is 19.6 Å². The van der Waals surface area contributed by atoms with Crippen molar-refractivity contribution in [1.29, 1.82) is 0 Å². The molecule has 0 fully saturated rings. The Morgan fingerprint density at radius 1 is 1.30 bits per heavy atom. The predicted octanol–water partition coefficient (Wildman–Crippen LogP) is 2.72. The molecule has 0 rings (SSSR count). The average molecular weight is 284 g/mol. The quantitative estimate of drug-likeness (QED) is 0.731. The highest BCUT2D eigenvalue weighted by molar-refractivity contribution is 5.82. The molecule has 0 spiro atoms. The minimum Gasteiger partial charge on any atom is -0.444 e. The smallest absolute Gasteiger partial charge is 0.408 e. The maximum atomic E-state index is 12.0. The lowest BCUT2D eigenvalue weighted by Crippen LogP contribution is -2.42. The molecule has 20 heavy (non-hydrogen) atoms. The molecule has 5 heteroatoms. The van der Waals surface area contributed by atoms with Gasteiger partial charge in [-0.15, -0.1) is 0 Å². The van der Waals surface area contributed by atoms with Crippen molar-refractivity contribution in [3.63, 3.8) is 0 Å². The van der Waals surface area contributed by atoms with E-state index in [4.69, 9.17) is 4.74 Å². The molecule has 2 amide bonds. The van der Waals surface area contributed by atoms with Crippen LogP contribution in [0.25, 0.3) is 0 Å². The molecule has 0 aromatic rings. The van der Waals surface area contributed by atoms with Crippen LogP contribution in [-0.2, 0) is 9.53 Å². The molecule has 0 bridgehead atoms. The van der Waals surface area contributed by atoms with E-state index in [9.17, 15) is 9.59 Å². The number of unbranched alkanes of at least 4 members (excludes halogenated alkanes) is 1. The second kappa shape index (κ2) is 9.39. The zero-order valence-electron chi connectivity index (χ0n) is 13.4. The van der Waals surface area contributed by atoms with Crippen molar-refractivity contribution >= 4 is 12.0 Å². The van der Waals surface area contributed by atoms with Gasteiger partial charge in [0.05, 0.1) is 0 Å². The minimum absolute atomic E-state index is 0.0316. The topological polar surface area (TPSA) is 58.6 Å². The Bertz CT molecular complexity index is 333. The Morgan fingerprint density at radius 2 is 1.95 bits per heavy atom. The second-order valence-corrected chi connectivity index (χ2v) is 5.62. The van der Waals surface area contributed by atoms with E-state index in [0.29, 0.717) is 13.1 Å². The molecule has 0 heterocycles. The lowest BCUT2D eigenvalue weighted by atomic mass is 10.2. The lowest BCUT2D eigenvalue weighted by Gasteiger charge is -2.23. The molecule has 0 aromatic carbocycles. The van der Waals surface area contributed by atoms with Crippen LogP contribution in [0.15, 0.2) is 12.2 Å². The number of rotatable bonds is 7. The summed E-state index contributed by atoms with van der Waals surface area (Å²) in [6, 6.07) is 0. The summed E-state index contributed by atoms with van der Waals surface area (Å²) in [4.78, 5) is 25.3. The largest absolute Gasteiger partial charge is 0.444 e. The number of carbonyl (C=O) groups excluding carboxylic acids is 2. The number of nitrogens with zero attached hydrogens (tertiary/aromatic N) is 1. The molecule has 0 aromatic heterocycles. The normalized spacial score (nSPS) is 11.4. The Morgan fingerprint density at radius 3 is 2.45 bits per heavy atom. The number of amides is 2. The Balaban J connectivity index is 4.27. The van der Waals surface area contributed by atoms with Gasteiger partial charge < -0.3 is 15.0 Å². The highest BCUT2D eigenvalue weighted by atomic mass is 16.6. The standard InChI is InChI=1S/C15H28N2O3/c1-6-8-10-17(11-9-7-2)13(18)12-16-14(19)20-15(3,4)5/h6,8H,7,9-12H2,1-5H3,(H,16,19)/b8-6+. The van der Waals surface area contributed by atoms with Crippen LogP contribution in [-0.4, -0.2) is 42.1 Å². The zero-order valence-corrected chi connectivity index (χ0v) is 13.4. The van der Waals surface area contributed by atoms with Crippen LogP contribution < -0.4 is 5.32 Å². The highest BCUT2D eigenvalue weighted by Crippen LogP contribution is 2.06. The zero-order chi connectivity index (χ0) is 15.6. The van der Waals surface area contributed by atoms with E-state index in [1.54, 1.807) is 25.7 Å². The fraction of sp³-hybridized carbons (Fsp3) is 0.733. The highest BCUT2D eigenvalue weighted by Gasteiger charge is 2.18. The first-order valence-corrected chi connectivity index (χ1v) is 7.16. The van der Waals surface area contributed by atoms with Crippen molar-refractivity contribution in [2.45, 2.75) is 53.1 Å². The van der Waals surface area contributed by atoms with Gasteiger partial charge in [0.1, 0.15) is 12.1 Å². The van der Waals surface area contributed by atoms with E-state index in [0.717, 1.165) is 12.8 Å². The van der Waals surface area contributed by atoms with E-state index < -0.39 is 11.7 Å². The maximum Gasteiger partial charge on any atom is 0.408 e. The summed E-state index contributed by atoms with van der Waals surface area (Å²) in [5.74, 6) is -0.0950. The van der Waals surface area contributed by atoms with E-state index in [-0.39, 0.29) is 12.5 Å². The van der Waals surface area contributed by atoms with Crippen molar-refractivity contribution in [1.82, 2.24) is 10.2 Å². The van der Waals surface area contributed by atoms with Gasteiger partial charge in [0, 0.05) is 13.1 Å². The summed E-state index contributed by atoms with van der Waals surface area (Å²) >= 11 is 0. The Kier molecular flexibility index (Phi) is 8.68. The Labute approximate surface area is 122 Å². The van der Waals surface area contributed by atoms with Crippen LogP contribution in [0.1, 0.15) is 47.5 Å². The van der Waals surface area contributed by atoms with E-state index >= 15 is 0 Å². The summed E-state index contributed by atoms with van der Waals surface area (Å²) in [5.41, 5.74) is -0.556. The fourth-order valence-electron chi connectivity index (χ4n) is 1.47. The summed E-state index contributed by atoms with van der Waals surface area (Å²) in [7, 11) is 0. The first-order chi connectivity index (χ1) is 9.30. The van der Waals surface area contributed by atoms with E-state index in [1.165, 1.54) is 0 Å². The van der Waals surface area contributed by atoms with Crippen LogP contribution in [0.5, 0.6) is 0 Å². The van der Waals surface area contributed by atoms with E-state index in [2.05, 4.69) is 12.2 Å². The van der Waals surface area contributed by atoms with Gasteiger partial charge in [-0.2, -0.15) is 0 Å². The number of allylic oxidation sites excluding steroid dienone is 1. The van der Waals surface area contributed by atoms with Gasteiger partial charge in [0.2, 0.25) is 5.91 Å². The predicted molar refractivity (Wildman–Crippen MR) is 80.5 cm³/mol. The summed E-state index contributed by atoms with van der Waals surface area (Å²) in [6.45, 7) is 10.6. The molecule has 0 aliphatic heterocycles. The van der Waals surface area contributed by atoms with Gasteiger partial charge in [-0.05, 0) is 34.1 Å². The summed E-state index contributed by atoms with van der Waals surface area (Å²) in [5, 5.41) is 2.50. The number of ether oxygens (including phenoxy) is 1. The SMILES string of the molecule is C/C=C/CN(CCCC)C(=O)CNC(=O)OC(C)(C)C. The molecule has 1 N–H and O–H groups in total. The molecule has 0 unspecified atom stereocenters. The molecule has 0 aliphatic rings. The van der Waals surface area contributed by atoms with Crippen molar-refractivity contribution in [3.05, 3.63) is 12.2 Å². The second-order valence-electron chi connectivity index (χ2n) is 5.62.